The number of hydrogen-bond acceptors (Lipinski definition) is 8. The van der Waals surface area contributed by atoms with Crippen LogP contribution in [0.1, 0.15) is 57.6 Å². The molecule has 1 saturated carbocycles. The minimum absolute atomic E-state index is 0.0523. The number of rotatable bonds is 3. The molecule has 3 aliphatic heterocycles. The number of carbonyl (C=O) groups is 5. The van der Waals surface area contributed by atoms with Crippen molar-refractivity contribution < 1.29 is 43.3 Å². The van der Waals surface area contributed by atoms with Gasteiger partial charge in [-0.1, -0.05) is 35.9 Å². The number of nitrogens with zero attached hydrogens (tertiary/aromatic N) is 2. The topological polar surface area (TPSA) is 164 Å². The number of alkyl carbamates (subject to hydrolysis) is 1. The van der Waals surface area contributed by atoms with Crippen molar-refractivity contribution in [1.29, 1.82) is 0 Å². The second-order valence-corrected chi connectivity index (χ2v) is 13.3. The fourth-order valence-corrected chi connectivity index (χ4v) is 6.29. The van der Waals surface area contributed by atoms with E-state index in [1.807, 2.05) is 6.07 Å². The van der Waals surface area contributed by atoms with Crippen molar-refractivity contribution in [1.82, 2.24) is 20.4 Å². The Balaban J connectivity index is 1.37. The van der Waals surface area contributed by atoms with E-state index >= 15 is 0 Å². The first-order chi connectivity index (χ1) is 21.3. The highest BCUT2D eigenvalue weighted by atomic mass is 35.5. The Morgan fingerprint density at radius 2 is 1.98 bits per heavy atom. The fraction of sp³-hybridized carbons (Fsp3) is 0.581. The molecule has 13 nitrogen and oxygen atoms in total. The molecule has 4 aliphatic rings. The Bertz CT molecular complexity index is 1400. The lowest BCUT2D eigenvalue weighted by atomic mass is 10.1. The van der Waals surface area contributed by atoms with Gasteiger partial charge in [0.25, 0.3) is 0 Å². The number of carboxylic acids is 1. The predicted molar refractivity (Wildman–Crippen MR) is 160 cm³/mol. The average Bonchev–Trinajstić information content (AvgIpc) is 3.27. The summed E-state index contributed by atoms with van der Waals surface area (Å²) in [5, 5.41) is 15.8. The van der Waals surface area contributed by atoms with Gasteiger partial charge in [-0.2, -0.15) is 0 Å². The zero-order chi connectivity index (χ0) is 32.5. The highest BCUT2D eigenvalue weighted by Crippen LogP contribution is 2.45. The van der Waals surface area contributed by atoms with Crippen LogP contribution in [-0.4, -0.2) is 94.0 Å². The van der Waals surface area contributed by atoms with E-state index in [0.29, 0.717) is 18.0 Å². The molecule has 3 heterocycles. The summed E-state index contributed by atoms with van der Waals surface area (Å²) in [6.45, 7) is 6.03. The van der Waals surface area contributed by atoms with Crippen molar-refractivity contribution in [2.24, 2.45) is 5.92 Å². The molecule has 0 unspecified atom stereocenters. The van der Waals surface area contributed by atoms with Crippen molar-refractivity contribution in [3.8, 4) is 0 Å². The molecule has 3 N–H and O–H groups in total. The van der Waals surface area contributed by atoms with Gasteiger partial charge in [0.15, 0.2) is 0 Å². The molecule has 0 bridgehead atoms. The summed E-state index contributed by atoms with van der Waals surface area (Å²) < 4.78 is 16.8. The first kappa shape index (κ1) is 32.6. The third-order valence-corrected chi connectivity index (χ3v) is 8.75. The SMILES string of the molecule is CC(C)(C)OC(=O)N[C@H]1CCCOC/C=C\[C@@H]2C[C@@]2(C(=O)O)NC(=O)[C@@H]2C[C@@H](OC(=O)N3Cc4cccc(Cl)c4C3)CN2C1=O. The van der Waals surface area contributed by atoms with Crippen LogP contribution >= 0.6 is 11.6 Å². The monoisotopic (exact) mass is 646 g/mol. The molecule has 0 spiro atoms. The number of fused-ring (bicyclic) bond motifs is 3. The minimum Gasteiger partial charge on any atom is -0.479 e. The minimum atomic E-state index is -1.52. The van der Waals surface area contributed by atoms with Gasteiger partial charge in [-0.05, 0) is 57.2 Å². The highest BCUT2D eigenvalue weighted by molar-refractivity contribution is 6.31. The lowest BCUT2D eigenvalue weighted by molar-refractivity contribution is -0.145. The Hall–Kier alpha value is -3.84. The van der Waals surface area contributed by atoms with Crippen LogP contribution in [0.15, 0.2) is 30.4 Å². The van der Waals surface area contributed by atoms with Crippen LogP contribution < -0.4 is 10.6 Å². The number of ether oxygens (including phenoxy) is 3. The molecular formula is C31H39ClN4O9. The van der Waals surface area contributed by atoms with E-state index in [-0.39, 0.29) is 45.6 Å². The van der Waals surface area contributed by atoms with E-state index in [4.69, 9.17) is 25.8 Å². The standard InChI is InChI=1S/C31H39ClN4O9/c1-30(2,3)45-28(41)33-23-10-6-12-43-11-5-8-19-14-31(19,27(39)40)34-25(37)24-13-20(16-36(24)26(23)38)44-29(42)35-15-18-7-4-9-22(32)21(18)17-35/h4-5,7-9,19-20,23-24H,6,10-17H2,1-3H3,(H,33,41)(H,34,37)(H,39,40)/b8-5-/t19-,20-,23+,24+,31-/m1/s1. The second kappa shape index (κ2) is 12.9. The molecule has 1 aromatic rings. The molecule has 4 amide bonds. The molecule has 1 aliphatic carbocycles. The molecule has 0 radical (unpaired) electrons. The van der Waals surface area contributed by atoms with Crippen LogP contribution in [0.5, 0.6) is 0 Å². The highest BCUT2D eigenvalue weighted by Gasteiger charge is 2.61. The van der Waals surface area contributed by atoms with Gasteiger partial charge in [0.05, 0.1) is 19.7 Å². The fourth-order valence-electron chi connectivity index (χ4n) is 6.04. The Labute approximate surface area is 266 Å². The number of hydrogen-bond donors (Lipinski definition) is 3. The van der Waals surface area contributed by atoms with Crippen molar-refractivity contribution in [2.75, 3.05) is 19.8 Å². The molecule has 0 aromatic heterocycles. The van der Waals surface area contributed by atoms with E-state index in [1.165, 1.54) is 9.80 Å². The van der Waals surface area contributed by atoms with Crippen LogP contribution in [0.25, 0.3) is 0 Å². The molecule has 244 valence electrons. The van der Waals surface area contributed by atoms with Crippen molar-refractivity contribution in [3.63, 3.8) is 0 Å². The molecule has 14 heteroatoms. The number of carbonyl (C=O) groups excluding carboxylic acids is 4. The Kier molecular flexibility index (Phi) is 9.31. The molecular weight excluding hydrogens is 608 g/mol. The van der Waals surface area contributed by atoms with Gasteiger partial charge >= 0.3 is 18.2 Å². The van der Waals surface area contributed by atoms with Gasteiger partial charge in [-0.3, -0.25) is 14.5 Å². The largest absolute Gasteiger partial charge is 0.479 e. The van der Waals surface area contributed by atoms with Crippen LogP contribution in [0.3, 0.4) is 0 Å². The van der Waals surface area contributed by atoms with Crippen LogP contribution in [0.4, 0.5) is 9.59 Å². The molecule has 1 saturated heterocycles. The molecule has 45 heavy (non-hydrogen) atoms. The Morgan fingerprint density at radius 1 is 1.20 bits per heavy atom. The van der Waals surface area contributed by atoms with Gasteiger partial charge in [0.2, 0.25) is 11.8 Å². The maximum absolute atomic E-state index is 14.0. The van der Waals surface area contributed by atoms with E-state index in [2.05, 4.69) is 10.6 Å². The maximum atomic E-state index is 14.0. The lowest BCUT2D eigenvalue weighted by Gasteiger charge is -2.30. The van der Waals surface area contributed by atoms with Crippen LogP contribution in [0, 0.1) is 5.92 Å². The van der Waals surface area contributed by atoms with Gasteiger partial charge in [0, 0.05) is 30.5 Å². The molecule has 2 fully saturated rings. The van der Waals surface area contributed by atoms with Crippen molar-refractivity contribution >= 4 is 41.6 Å². The van der Waals surface area contributed by atoms with Gasteiger partial charge in [-0.15, -0.1) is 0 Å². The normalized spacial score (nSPS) is 29.2. The van der Waals surface area contributed by atoms with Crippen molar-refractivity contribution in [3.05, 3.63) is 46.5 Å². The van der Waals surface area contributed by atoms with Crippen LogP contribution in [0.2, 0.25) is 5.02 Å². The number of benzene rings is 1. The van der Waals surface area contributed by atoms with Crippen molar-refractivity contribution in [2.45, 2.75) is 88.9 Å². The van der Waals surface area contributed by atoms with E-state index in [1.54, 1.807) is 45.1 Å². The molecule has 1 aromatic carbocycles. The summed E-state index contributed by atoms with van der Waals surface area (Å²) in [6, 6.07) is 3.21. The zero-order valence-electron chi connectivity index (χ0n) is 25.5. The summed E-state index contributed by atoms with van der Waals surface area (Å²) in [6.07, 6.45) is 1.86. The summed E-state index contributed by atoms with van der Waals surface area (Å²) >= 11 is 6.31. The summed E-state index contributed by atoms with van der Waals surface area (Å²) in [5.41, 5.74) is -0.605. The zero-order valence-corrected chi connectivity index (χ0v) is 26.3. The van der Waals surface area contributed by atoms with E-state index in [9.17, 15) is 29.1 Å². The van der Waals surface area contributed by atoms with Gasteiger partial charge in [0.1, 0.15) is 29.3 Å². The second-order valence-electron chi connectivity index (χ2n) is 12.9. The first-order valence-corrected chi connectivity index (χ1v) is 15.5. The number of amides is 4. The number of aliphatic carboxylic acids is 1. The summed E-state index contributed by atoms with van der Waals surface area (Å²) in [5.74, 6) is -2.89. The predicted octanol–water partition coefficient (Wildman–Crippen LogP) is 2.98. The third-order valence-electron chi connectivity index (χ3n) is 8.40. The number of nitrogens with one attached hydrogen (secondary N) is 2. The lowest BCUT2D eigenvalue weighted by Crippen LogP contribution is -2.56. The maximum Gasteiger partial charge on any atom is 0.410 e. The average molecular weight is 647 g/mol. The summed E-state index contributed by atoms with van der Waals surface area (Å²) in [4.78, 5) is 68.7. The Morgan fingerprint density at radius 3 is 2.69 bits per heavy atom. The number of halogens is 1. The van der Waals surface area contributed by atoms with Gasteiger partial charge < -0.3 is 34.9 Å². The number of carboxylic acid groups (broad SMARTS) is 1. The van der Waals surface area contributed by atoms with E-state index in [0.717, 1.165) is 11.1 Å². The molecule has 5 rings (SSSR count). The quantitative estimate of drug-likeness (QED) is 0.419. The first-order valence-electron chi connectivity index (χ1n) is 15.1. The van der Waals surface area contributed by atoms with E-state index < -0.39 is 65.2 Å². The summed E-state index contributed by atoms with van der Waals surface area (Å²) in [7, 11) is 0. The van der Waals surface area contributed by atoms with Gasteiger partial charge in [-0.25, -0.2) is 14.4 Å². The third kappa shape index (κ3) is 7.36. The smallest absolute Gasteiger partial charge is 0.410 e. The molecule has 5 atom stereocenters. The van der Waals surface area contributed by atoms with Crippen LogP contribution in [-0.2, 0) is 41.7 Å².